The van der Waals surface area contributed by atoms with Gasteiger partial charge in [-0.1, -0.05) is 67.0 Å². The first-order valence-electron chi connectivity index (χ1n) is 9.92. The van der Waals surface area contributed by atoms with Gasteiger partial charge in [-0.15, -0.1) is 0 Å². The van der Waals surface area contributed by atoms with Crippen LogP contribution in [-0.2, 0) is 17.8 Å². The van der Waals surface area contributed by atoms with Gasteiger partial charge in [0, 0.05) is 16.4 Å². The van der Waals surface area contributed by atoms with E-state index in [4.69, 9.17) is 9.72 Å². The number of anilines is 1. The number of amides is 1. The minimum absolute atomic E-state index is 0.221. The molecule has 0 saturated heterocycles. The summed E-state index contributed by atoms with van der Waals surface area (Å²) in [6.45, 7) is 7.04. The molecule has 2 aromatic carbocycles. The number of fused-ring (bicyclic) bond motifs is 1. The number of aromatic nitrogens is 2. The van der Waals surface area contributed by atoms with Crippen LogP contribution in [0.1, 0.15) is 38.4 Å². The summed E-state index contributed by atoms with van der Waals surface area (Å²) in [5.41, 5.74) is 2.68. The van der Waals surface area contributed by atoms with E-state index in [1.54, 1.807) is 4.90 Å². The van der Waals surface area contributed by atoms with E-state index >= 15 is 0 Å². The number of halogens is 1. The number of carbonyl (C=O) groups excluding carboxylic acids is 1. The molecule has 1 aromatic heterocycles. The summed E-state index contributed by atoms with van der Waals surface area (Å²) in [6, 6.07) is 15.6. The zero-order chi connectivity index (χ0) is 20.8. The molecule has 6 heteroatoms. The van der Waals surface area contributed by atoms with E-state index in [1.807, 2.05) is 48.5 Å². The Bertz CT molecular complexity index is 977. The van der Waals surface area contributed by atoms with Gasteiger partial charge in [-0.05, 0) is 42.5 Å². The largest absolute Gasteiger partial charge is 0.444 e. The first-order chi connectivity index (χ1) is 14.0. The molecule has 3 aromatic rings. The van der Waals surface area contributed by atoms with Gasteiger partial charge < -0.3 is 4.74 Å². The van der Waals surface area contributed by atoms with E-state index in [0.29, 0.717) is 18.4 Å². The summed E-state index contributed by atoms with van der Waals surface area (Å²) in [4.78, 5) is 23.9. The SMILES string of the molecule is CCc1nc(N(CCC(C)C)C(=O)OCc2ccccc2)nc2ccc(Br)cc12. The highest BCUT2D eigenvalue weighted by molar-refractivity contribution is 9.10. The fourth-order valence-electron chi connectivity index (χ4n) is 3.00. The minimum Gasteiger partial charge on any atom is -0.444 e. The molecule has 0 radical (unpaired) electrons. The summed E-state index contributed by atoms with van der Waals surface area (Å²) in [5.74, 6) is 0.844. The molecule has 0 fully saturated rings. The maximum absolute atomic E-state index is 12.9. The summed E-state index contributed by atoms with van der Waals surface area (Å²) < 4.78 is 6.56. The van der Waals surface area contributed by atoms with E-state index in [2.05, 4.69) is 41.7 Å². The van der Waals surface area contributed by atoms with Gasteiger partial charge in [-0.25, -0.2) is 19.7 Å². The van der Waals surface area contributed by atoms with Crippen LogP contribution in [0.4, 0.5) is 10.7 Å². The van der Waals surface area contributed by atoms with Crippen molar-refractivity contribution >= 4 is 38.9 Å². The number of ether oxygens (including phenoxy) is 1. The van der Waals surface area contributed by atoms with Crippen LogP contribution in [0.25, 0.3) is 10.9 Å². The molecule has 0 N–H and O–H groups in total. The molecule has 3 rings (SSSR count). The number of hydrogen-bond acceptors (Lipinski definition) is 4. The topological polar surface area (TPSA) is 55.3 Å². The van der Waals surface area contributed by atoms with Crippen molar-refractivity contribution in [1.29, 1.82) is 0 Å². The summed E-state index contributed by atoms with van der Waals surface area (Å²) in [7, 11) is 0. The zero-order valence-electron chi connectivity index (χ0n) is 17.1. The van der Waals surface area contributed by atoms with E-state index in [0.717, 1.165) is 39.5 Å². The third kappa shape index (κ3) is 5.54. The van der Waals surface area contributed by atoms with Crippen molar-refractivity contribution in [3.63, 3.8) is 0 Å². The van der Waals surface area contributed by atoms with E-state index < -0.39 is 6.09 Å². The Hall–Kier alpha value is -2.47. The number of benzene rings is 2. The second-order valence-corrected chi connectivity index (χ2v) is 8.28. The smallest absolute Gasteiger partial charge is 0.417 e. The highest BCUT2D eigenvalue weighted by Crippen LogP contribution is 2.24. The average Bonchev–Trinajstić information content (AvgIpc) is 2.72. The second kappa shape index (κ2) is 9.83. The van der Waals surface area contributed by atoms with Crippen LogP contribution in [0, 0.1) is 5.92 Å². The highest BCUT2D eigenvalue weighted by atomic mass is 79.9. The summed E-state index contributed by atoms with van der Waals surface area (Å²) in [6.07, 6.45) is 1.16. The third-order valence-corrected chi connectivity index (χ3v) is 5.15. The molecule has 0 unspecified atom stereocenters. The van der Waals surface area contributed by atoms with Crippen LogP contribution in [0.15, 0.2) is 53.0 Å². The monoisotopic (exact) mass is 455 g/mol. The highest BCUT2D eigenvalue weighted by Gasteiger charge is 2.22. The quantitative estimate of drug-likeness (QED) is 0.428. The van der Waals surface area contributed by atoms with Crippen LogP contribution in [-0.4, -0.2) is 22.6 Å². The van der Waals surface area contributed by atoms with Crippen molar-refractivity contribution in [3.8, 4) is 0 Å². The van der Waals surface area contributed by atoms with Crippen LogP contribution >= 0.6 is 15.9 Å². The lowest BCUT2D eigenvalue weighted by Crippen LogP contribution is -2.34. The number of aryl methyl sites for hydroxylation is 1. The minimum atomic E-state index is -0.423. The lowest BCUT2D eigenvalue weighted by molar-refractivity contribution is 0.146. The van der Waals surface area contributed by atoms with Crippen LogP contribution in [0.5, 0.6) is 0 Å². The van der Waals surface area contributed by atoms with Gasteiger partial charge in [0.15, 0.2) is 0 Å². The predicted octanol–water partition coefficient (Wildman–Crippen LogP) is 6.14. The van der Waals surface area contributed by atoms with Gasteiger partial charge in [0.25, 0.3) is 0 Å². The van der Waals surface area contributed by atoms with E-state index in [1.165, 1.54) is 0 Å². The molecule has 0 atom stereocenters. The first-order valence-corrected chi connectivity index (χ1v) is 10.7. The Morgan fingerprint density at radius 2 is 1.90 bits per heavy atom. The van der Waals surface area contributed by atoms with Crippen LogP contribution in [0.2, 0.25) is 0 Å². The van der Waals surface area contributed by atoms with Crippen LogP contribution in [0.3, 0.4) is 0 Å². The molecule has 1 amide bonds. The molecule has 1 heterocycles. The number of nitrogens with zero attached hydrogens (tertiary/aromatic N) is 3. The van der Waals surface area contributed by atoms with Crippen molar-refractivity contribution in [3.05, 3.63) is 64.3 Å². The summed E-state index contributed by atoms with van der Waals surface area (Å²) >= 11 is 3.51. The molecule has 0 aliphatic rings. The van der Waals surface area contributed by atoms with Gasteiger partial charge >= 0.3 is 6.09 Å². The first kappa shape index (κ1) is 21.2. The molecule has 0 aliphatic heterocycles. The average molecular weight is 456 g/mol. The fourth-order valence-corrected chi connectivity index (χ4v) is 3.36. The van der Waals surface area contributed by atoms with Gasteiger partial charge in [0.1, 0.15) is 6.61 Å². The van der Waals surface area contributed by atoms with E-state index in [9.17, 15) is 4.79 Å². The number of rotatable bonds is 7. The van der Waals surface area contributed by atoms with Crippen molar-refractivity contribution in [2.24, 2.45) is 5.92 Å². The molecule has 0 bridgehead atoms. The molecular formula is C23H26BrN3O2. The number of hydrogen-bond donors (Lipinski definition) is 0. The normalized spacial score (nSPS) is 11.1. The third-order valence-electron chi connectivity index (χ3n) is 4.66. The molecule has 0 saturated carbocycles. The van der Waals surface area contributed by atoms with Crippen molar-refractivity contribution in [1.82, 2.24) is 9.97 Å². The molecule has 0 spiro atoms. The summed E-state index contributed by atoms with van der Waals surface area (Å²) in [5, 5.41) is 0.993. The lowest BCUT2D eigenvalue weighted by Gasteiger charge is -2.22. The standard InChI is InChI=1S/C23H26BrN3O2/c1-4-20-19-14-18(24)10-11-21(19)26-22(25-20)27(13-12-16(2)3)23(28)29-15-17-8-6-5-7-9-17/h5-11,14,16H,4,12-13,15H2,1-3H3. The van der Waals surface area contributed by atoms with Crippen molar-refractivity contribution in [2.75, 3.05) is 11.4 Å². The Kier molecular flexibility index (Phi) is 7.20. The molecule has 29 heavy (non-hydrogen) atoms. The van der Waals surface area contributed by atoms with E-state index in [-0.39, 0.29) is 6.61 Å². The molecule has 5 nitrogen and oxygen atoms in total. The van der Waals surface area contributed by atoms with Gasteiger partial charge in [0.05, 0.1) is 11.2 Å². The van der Waals surface area contributed by atoms with Gasteiger partial charge in [0.2, 0.25) is 5.95 Å². The van der Waals surface area contributed by atoms with Crippen molar-refractivity contribution < 1.29 is 9.53 Å². The Balaban J connectivity index is 1.91. The maximum Gasteiger partial charge on any atom is 0.417 e. The lowest BCUT2D eigenvalue weighted by atomic mass is 10.1. The Morgan fingerprint density at radius 1 is 1.14 bits per heavy atom. The molecule has 152 valence electrons. The predicted molar refractivity (Wildman–Crippen MR) is 120 cm³/mol. The Morgan fingerprint density at radius 3 is 2.59 bits per heavy atom. The second-order valence-electron chi connectivity index (χ2n) is 7.36. The maximum atomic E-state index is 12.9. The van der Waals surface area contributed by atoms with Crippen molar-refractivity contribution in [2.45, 2.75) is 40.2 Å². The number of carbonyl (C=O) groups is 1. The van der Waals surface area contributed by atoms with Gasteiger partial charge in [-0.2, -0.15) is 0 Å². The molecule has 0 aliphatic carbocycles. The fraction of sp³-hybridized carbons (Fsp3) is 0.348. The van der Waals surface area contributed by atoms with Crippen LogP contribution < -0.4 is 4.90 Å². The Labute approximate surface area is 180 Å². The zero-order valence-corrected chi connectivity index (χ0v) is 18.6. The molecular weight excluding hydrogens is 430 g/mol. The van der Waals surface area contributed by atoms with Gasteiger partial charge in [-0.3, -0.25) is 0 Å².